The van der Waals surface area contributed by atoms with Crippen LogP contribution in [0.4, 0.5) is 0 Å². The van der Waals surface area contributed by atoms with Crippen molar-refractivity contribution in [2.45, 2.75) is 45.4 Å². The molecule has 0 unspecified atom stereocenters. The number of hydrogen-bond donors (Lipinski definition) is 2. The predicted molar refractivity (Wildman–Crippen MR) is 99.1 cm³/mol. The number of nitrogens with two attached hydrogens (primary N) is 1. The van der Waals surface area contributed by atoms with Crippen LogP contribution in [0, 0.1) is 0 Å². The minimum Gasteiger partial charge on any atom is -0.467 e. The number of likely N-dealkylation sites (tertiary alicyclic amines) is 1. The number of halogens is 2. The molecule has 1 saturated heterocycles. The van der Waals surface area contributed by atoms with Crippen molar-refractivity contribution < 1.29 is 13.9 Å². The van der Waals surface area contributed by atoms with E-state index < -0.39 is 0 Å². The first-order chi connectivity index (χ1) is 10.6. The predicted octanol–water partition coefficient (Wildman–Crippen LogP) is 2.20. The lowest BCUT2D eigenvalue weighted by Gasteiger charge is -2.32. The maximum absolute atomic E-state index is 12.1. The quantitative estimate of drug-likeness (QED) is 0.756. The Morgan fingerprint density at radius 1 is 1.42 bits per heavy atom. The van der Waals surface area contributed by atoms with Crippen LogP contribution in [0.3, 0.4) is 0 Å². The lowest BCUT2D eigenvalue weighted by molar-refractivity contribution is 0.0520. The molecule has 0 bridgehead atoms. The van der Waals surface area contributed by atoms with E-state index in [-0.39, 0.29) is 42.9 Å². The molecule has 1 amide bonds. The summed E-state index contributed by atoms with van der Waals surface area (Å²) in [6, 6.07) is 1.93. The molecule has 0 saturated carbocycles. The first kappa shape index (κ1) is 23.2. The van der Waals surface area contributed by atoms with Crippen molar-refractivity contribution >= 4 is 30.7 Å². The highest BCUT2D eigenvalue weighted by molar-refractivity contribution is 5.94. The minimum atomic E-state index is -0.0787. The lowest BCUT2D eigenvalue weighted by atomic mass is 10.0. The zero-order chi connectivity index (χ0) is 15.9. The largest absolute Gasteiger partial charge is 0.467 e. The number of rotatable bonds is 7. The zero-order valence-electron chi connectivity index (χ0n) is 14.3. The van der Waals surface area contributed by atoms with Crippen molar-refractivity contribution in [1.82, 2.24) is 10.2 Å². The summed E-state index contributed by atoms with van der Waals surface area (Å²) in [5.41, 5.74) is 6.03. The van der Waals surface area contributed by atoms with E-state index in [0.29, 0.717) is 17.9 Å². The number of carbonyl (C=O) groups excluding carboxylic acids is 1. The standard InChI is InChI=1S/C16H27N3O3.2ClH/c1-12(2)21-8-7-19-5-3-14(4-6-19)18-16(20)13-9-15(10-17)22-11-13;;/h9,11-12,14H,3-8,10,17H2,1-2H3,(H,18,20);2*1H. The number of nitrogens with one attached hydrogen (secondary N) is 1. The van der Waals surface area contributed by atoms with Gasteiger partial charge in [-0.15, -0.1) is 24.8 Å². The molecule has 24 heavy (non-hydrogen) atoms. The van der Waals surface area contributed by atoms with Crippen molar-refractivity contribution in [2.75, 3.05) is 26.2 Å². The second kappa shape index (κ2) is 11.7. The molecule has 3 N–H and O–H groups in total. The zero-order valence-corrected chi connectivity index (χ0v) is 16.0. The third-order valence-electron chi connectivity index (χ3n) is 3.90. The molecule has 0 aliphatic carbocycles. The highest BCUT2D eigenvalue weighted by Gasteiger charge is 2.21. The van der Waals surface area contributed by atoms with Gasteiger partial charge < -0.3 is 25.1 Å². The van der Waals surface area contributed by atoms with Crippen LogP contribution in [0.1, 0.15) is 42.8 Å². The highest BCUT2D eigenvalue weighted by atomic mass is 35.5. The highest BCUT2D eigenvalue weighted by Crippen LogP contribution is 2.12. The summed E-state index contributed by atoms with van der Waals surface area (Å²) in [5, 5.41) is 3.07. The molecule has 1 aliphatic heterocycles. The van der Waals surface area contributed by atoms with E-state index >= 15 is 0 Å². The Kier molecular flexibility index (Phi) is 11.3. The van der Waals surface area contributed by atoms with Crippen LogP contribution in [0.2, 0.25) is 0 Å². The van der Waals surface area contributed by atoms with Gasteiger partial charge in [0.15, 0.2) is 0 Å². The van der Waals surface area contributed by atoms with Crippen LogP contribution >= 0.6 is 24.8 Å². The van der Waals surface area contributed by atoms with Crippen LogP contribution in [-0.4, -0.2) is 49.2 Å². The monoisotopic (exact) mass is 381 g/mol. The van der Waals surface area contributed by atoms with Gasteiger partial charge in [0.25, 0.3) is 5.91 Å². The topological polar surface area (TPSA) is 80.7 Å². The second-order valence-electron chi connectivity index (χ2n) is 6.01. The molecule has 1 aromatic rings. The van der Waals surface area contributed by atoms with Crippen molar-refractivity contribution in [1.29, 1.82) is 0 Å². The Hall–Kier alpha value is -0.790. The summed E-state index contributed by atoms with van der Waals surface area (Å²) < 4.78 is 10.8. The summed E-state index contributed by atoms with van der Waals surface area (Å²) in [7, 11) is 0. The molecule has 140 valence electrons. The average molecular weight is 382 g/mol. The molecule has 1 aromatic heterocycles. The molecule has 0 atom stereocenters. The molecule has 1 fully saturated rings. The van der Waals surface area contributed by atoms with Gasteiger partial charge in [-0.3, -0.25) is 4.79 Å². The fourth-order valence-corrected chi connectivity index (χ4v) is 2.59. The summed E-state index contributed by atoms with van der Waals surface area (Å²) in [5.74, 6) is 0.551. The maximum atomic E-state index is 12.1. The van der Waals surface area contributed by atoms with E-state index in [9.17, 15) is 4.79 Å². The minimum absolute atomic E-state index is 0. The van der Waals surface area contributed by atoms with E-state index in [1.54, 1.807) is 6.07 Å². The molecular weight excluding hydrogens is 353 g/mol. The Balaban J connectivity index is 0.00000264. The van der Waals surface area contributed by atoms with Crippen LogP contribution in [-0.2, 0) is 11.3 Å². The third-order valence-corrected chi connectivity index (χ3v) is 3.90. The number of nitrogens with zero attached hydrogens (tertiary/aromatic N) is 1. The average Bonchev–Trinajstić information content (AvgIpc) is 2.98. The van der Waals surface area contributed by atoms with Gasteiger partial charge in [0, 0.05) is 25.7 Å². The molecule has 2 heterocycles. The Morgan fingerprint density at radius 2 is 2.08 bits per heavy atom. The van der Waals surface area contributed by atoms with Gasteiger partial charge in [-0.05, 0) is 32.8 Å². The molecule has 0 radical (unpaired) electrons. The van der Waals surface area contributed by atoms with Gasteiger partial charge in [-0.1, -0.05) is 0 Å². The Labute approximate surface area is 156 Å². The van der Waals surface area contributed by atoms with E-state index in [1.807, 2.05) is 13.8 Å². The van der Waals surface area contributed by atoms with E-state index in [1.165, 1.54) is 6.26 Å². The molecule has 0 aromatic carbocycles. The summed E-state index contributed by atoms with van der Waals surface area (Å²) in [4.78, 5) is 14.5. The maximum Gasteiger partial charge on any atom is 0.254 e. The molecule has 8 heteroatoms. The number of hydrogen-bond acceptors (Lipinski definition) is 5. The summed E-state index contributed by atoms with van der Waals surface area (Å²) >= 11 is 0. The van der Waals surface area contributed by atoms with E-state index in [2.05, 4.69) is 10.2 Å². The first-order valence-electron chi connectivity index (χ1n) is 8.00. The third kappa shape index (κ3) is 7.40. The van der Waals surface area contributed by atoms with Gasteiger partial charge in [0.1, 0.15) is 12.0 Å². The molecule has 2 rings (SSSR count). The molecule has 0 spiro atoms. The number of amides is 1. The van der Waals surface area contributed by atoms with Crippen molar-refractivity contribution in [3.63, 3.8) is 0 Å². The van der Waals surface area contributed by atoms with E-state index in [0.717, 1.165) is 39.1 Å². The SMILES string of the molecule is CC(C)OCCN1CCC(NC(=O)c2coc(CN)c2)CC1.Cl.Cl. The molecule has 1 aliphatic rings. The van der Waals surface area contributed by atoms with Gasteiger partial charge >= 0.3 is 0 Å². The fraction of sp³-hybridized carbons (Fsp3) is 0.688. The summed E-state index contributed by atoms with van der Waals surface area (Å²) in [6.45, 7) is 8.12. The number of furan rings is 1. The number of piperidine rings is 1. The Morgan fingerprint density at radius 3 is 2.62 bits per heavy atom. The molecule has 6 nitrogen and oxygen atoms in total. The normalized spacial score (nSPS) is 15.7. The van der Waals surface area contributed by atoms with Gasteiger partial charge in [0.05, 0.1) is 24.8 Å². The number of ether oxygens (including phenoxy) is 1. The lowest BCUT2D eigenvalue weighted by Crippen LogP contribution is -2.45. The van der Waals surface area contributed by atoms with Crippen LogP contribution in [0.15, 0.2) is 16.7 Å². The van der Waals surface area contributed by atoms with Crippen molar-refractivity contribution in [2.24, 2.45) is 5.73 Å². The smallest absolute Gasteiger partial charge is 0.254 e. The van der Waals surface area contributed by atoms with Crippen LogP contribution in [0.25, 0.3) is 0 Å². The van der Waals surface area contributed by atoms with Gasteiger partial charge in [-0.2, -0.15) is 0 Å². The number of carbonyl (C=O) groups is 1. The van der Waals surface area contributed by atoms with Crippen molar-refractivity contribution in [3.05, 3.63) is 23.7 Å². The Bertz CT molecular complexity index is 475. The van der Waals surface area contributed by atoms with Gasteiger partial charge in [0.2, 0.25) is 0 Å². The molecular formula is C16H29Cl2N3O3. The van der Waals surface area contributed by atoms with Crippen LogP contribution < -0.4 is 11.1 Å². The van der Waals surface area contributed by atoms with E-state index in [4.69, 9.17) is 14.9 Å². The van der Waals surface area contributed by atoms with Crippen molar-refractivity contribution in [3.8, 4) is 0 Å². The summed E-state index contributed by atoms with van der Waals surface area (Å²) in [6.07, 6.45) is 3.69. The van der Waals surface area contributed by atoms with Gasteiger partial charge in [-0.25, -0.2) is 0 Å². The van der Waals surface area contributed by atoms with Crippen LogP contribution in [0.5, 0.6) is 0 Å². The first-order valence-corrected chi connectivity index (χ1v) is 8.00. The fourth-order valence-electron chi connectivity index (χ4n) is 2.59. The second-order valence-corrected chi connectivity index (χ2v) is 6.01.